The number of amides is 2. The summed E-state index contributed by atoms with van der Waals surface area (Å²) in [6.45, 7) is 8.76. The lowest BCUT2D eigenvalue weighted by Crippen LogP contribution is -2.50. The van der Waals surface area contributed by atoms with E-state index < -0.39 is 0 Å². The van der Waals surface area contributed by atoms with Crippen LogP contribution in [0, 0.1) is 20.8 Å². The first-order chi connectivity index (χ1) is 15.9. The van der Waals surface area contributed by atoms with E-state index in [0.717, 1.165) is 42.4 Å². The van der Waals surface area contributed by atoms with Gasteiger partial charge in [0.1, 0.15) is 17.4 Å². The molecule has 0 spiro atoms. The number of carbonyl (C=O) groups is 1. The van der Waals surface area contributed by atoms with E-state index in [9.17, 15) is 4.79 Å². The Morgan fingerprint density at radius 3 is 2.36 bits per heavy atom. The molecule has 1 saturated heterocycles. The summed E-state index contributed by atoms with van der Waals surface area (Å²) in [4.78, 5) is 26.4. The second-order valence-electron chi connectivity index (χ2n) is 8.43. The van der Waals surface area contributed by atoms with Gasteiger partial charge in [-0.05, 0) is 38.5 Å². The molecule has 0 unspecified atom stereocenters. The van der Waals surface area contributed by atoms with Crippen LogP contribution in [0.2, 0.25) is 0 Å². The van der Waals surface area contributed by atoms with Crippen LogP contribution in [0.15, 0.2) is 48.5 Å². The highest BCUT2D eigenvalue weighted by Gasteiger charge is 2.25. The number of nitrogens with zero attached hydrogens (tertiary/aromatic N) is 4. The second kappa shape index (κ2) is 9.90. The van der Waals surface area contributed by atoms with Crippen LogP contribution in [0.5, 0.6) is 5.75 Å². The Bertz CT molecular complexity index is 1120. The van der Waals surface area contributed by atoms with Crippen molar-refractivity contribution in [3.8, 4) is 5.75 Å². The summed E-state index contributed by atoms with van der Waals surface area (Å²) >= 11 is 0. The number of anilines is 2. The van der Waals surface area contributed by atoms with E-state index in [1.54, 1.807) is 7.11 Å². The van der Waals surface area contributed by atoms with Crippen LogP contribution in [-0.4, -0.2) is 54.2 Å². The number of hydrogen-bond acceptors (Lipinski definition) is 5. The third-order valence-electron chi connectivity index (χ3n) is 6.02. The molecule has 3 aromatic rings. The Morgan fingerprint density at radius 1 is 0.970 bits per heavy atom. The Hall–Kier alpha value is -3.61. The van der Waals surface area contributed by atoms with Crippen molar-refractivity contribution < 1.29 is 9.53 Å². The number of ether oxygens (including phenoxy) is 1. The molecular weight excluding hydrogens is 414 g/mol. The summed E-state index contributed by atoms with van der Waals surface area (Å²) in [5.41, 5.74) is 5.33. The molecule has 172 valence electrons. The SMILES string of the molecule is COc1ccccc1NC(=O)N1CCN(c2nc(C)nc(C)c2Cc2ccc(C)cc2)CC1. The smallest absolute Gasteiger partial charge is 0.322 e. The van der Waals surface area contributed by atoms with Crippen molar-refractivity contribution in [2.24, 2.45) is 0 Å². The van der Waals surface area contributed by atoms with Gasteiger partial charge < -0.3 is 19.9 Å². The first-order valence-corrected chi connectivity index (χ1v) is 11.3. The van der Waals surface area contributed by atoms with E-state index in [1.807, 2.05) is 36.1 Å². The van der Waals surface area contributed by atoms with Gasteiger partial charge >= 0.3 is 6.03 Å². The molecule has 1 N–H and O–H groups in total. The average molecular weight is 446 g/mol. The van der Waals surface area contributed by atoms with E-state index in [4.69, 9.17) is 9.72 Å². The maximum Gasteiger partial charge on any atom is 0.322 e. The maximum atomic E-state index is 12.8. The standard InChI is InChI=1S/C26H31N5O2/c1-18-9-11-21(12-10-18)17-22-19(2)27-20(3)28-25(22)30-13-15-31(16-14-30)26(32)29-23-7-5-6-8-24(23)33-4/h5-12H,13-17H2,1-4H3,(H,29,32). The predicted octanol–water partition coefficient (Wildman–Crippen LogP) is 4.36. The summed E-state index contributed by atoms with van der Waals surface area (Å²) in [7, 11) is 1.60. The van der Waals surface area contributed by atoms with Gasteiger partial charge in [0.2, 0.25) is 0 Å². The zero-order valence-electron chi connectivity index (χ0n) is 19.8. The van der Waals surface area contributed by atoms with Crippen molar-refractivity contribution in [3.05, 3.63) is 76.7 Å². The van der Waals surface area contributed by atoms with Crippen LogP contribution in [0.3, 0.4) is 0 Å². The molecule has 7 nitrogen and oxygen atoms in total. The van der Waals surface area contributed by atoms with E-state index in [1.165, 1.54) is 11.1 Å². The van der Waals surface area contributed by atoms with Gasteiger partial charge in [-0.15, -0.1) is 0 Å². The molecular formula is C26H31N5O2. The number of hydrogen-bond donors (Lipinski definition) is 1. The molecule has 1 aliphatic heterocycles. The number of piperazine rings is 1. The minimum Gasteiger partial charge on any atom is -0.495 e. The molecule has 1 aliphatic rings. The minimum atomic E-state index is -0.117. The Morgan fingerprint density at radius 2 is 1.67 bits per heavy atom. The van der Waals surface area contributed by atoms with Crippen molar-refractivity contribution in [1.82, 2.24) is 14.9 Å². The zero-order chi connectivity index (χ0) is 23.4. The Labute approximate surface area is 195 Å². The van der Waals surface area contributed by atoms with Crippen LogP contribution < -0.4 is 15.0 Å². The third kappa shape index (κ3) is 5.25. The van der Waals surface area contributed by atoms with Crippen LogP contribution in [-0.2, 0) is 6.42 Å². The van der Waals surface area contributed by atoms with Gasteiger partial charge in [-0.2, -0.15) is 0 Å². The first-order valence-electron chi connectivity index (χ1n) is 11.3. The van der Waals surface area contributed by atoms with Crippen molar-refractivity contribution >= 4 is 17.5 Å². The van der Waals surface area contributed by atoms with Gasteiger partial charge in [-0.3, -0.25) is 0 Å². The quantitative estimate of drug-likeness (QED) is 0.632. The number of aryl methyl sites for hydroxylation is 3. The number of nitrogens with one attached hydrogen (secondary N) is 1. The molecule has 4 rings (SSSR count). The number of aromatic nitrogens is 2. The van der Waals surface area contributed by atoms with Crippen molar-refractivity contribution in [2.75, 3.05) is 43.5 Å². The van der Waals surface area contributed by atoms with Crippen molar-refractivity contribution in [3.63, 3.8) is 0 Å². The van der Waals surface area contributed by atoms with Crippen LogP contribution in [0.1, 0.15) is 28.2 Å². The summed E-state index contributed by atoms with van der Waals surface area (Å²) in [6, 6.07) is 15.9. The largest absolute Gasteiger partial charge is 0.495 e. The number of methoxy groups -OCH3 is 1. The predicted molar refractivity (Wildman–Crippen MR) is 131 cm³/mol. The fraction of sp³-hybridized carbons (Fsp3) is 0.346. The number of carbonyl (C=O) groups excluding carboxylic acids is 1. The fourth-order valence-electron chi connectivity index (χ4n) is 4.16. The molecule has 2 aromatic carbocycles. The molecule has 0 saturated carbocycles. The number of urea groups is 1. The van der Waals surface area contributed by atoms with Crippen LogP contribution >= 0.6 is 0 Å². The van der Waals surface area contributed by atoms with Crippen LogP contribution in [0.4, 0.5) is 16.3 Å². The van der Waals surface area contributed by atoms with Gasteiger partial charge in [0.25, 0.3) is 0 Å². The highest BCUT2D eigenvalue weighted by atomic mass is 16.5. The lowest BCUT2D eigenvalue weighted by atomic mass is 10.0. The monoisotopic (exact) mass is 445 g/mol. The molecule has 7 heteroatoms. The van der Waals surface area contributed by atoms with E-state index in [-0.39, 0.29) is 6.03 Å². The second-order valence-corrected chi connectivity index (χ2v) is 8.43. The number of benzene rings is 2. The third-order valence-corrected chi connectivity index (χ3v) is 6.02. The average Bonchev–Trinajstić information content (AvgIpc) is 2.82. The molecule has 0 bridgehead atoms. The lowest BCUT2D eigenvalue weighted by molar-refractivity contribution is 0.208. The van der Waals surface area contributed by atoms with Gasteiger partial charge in [0.05, 0.1) is 12.8 Å². The maximum absolute atomic E-state index is 12.8. The molecule has 0 aliphatic carbocycles. The van der Waals surface area contributed by atoms with E-state index in [0.29, 0.717) is 24.5 Å². The molecule has 2 heterocycles. The highest BCUT2D eigenvalue weighted by Crippen LogP contribution is 2.26. The van der Waals surface area contributed by atoms with Crippen molar-refractivity contribution in [2.45, 2.75) is 27.2 Å². The van der Waals surface area contributed by atoms with Gasteiger partial charge in [-0.25, -0.2) is 14.8 Å². The molecule has 1 fully saturated rings. The number of para-hydroxylation sites is 2. The van der Waals surface area contributed by atoms with Crippen molar-refractivity contribution in [1.29, 1.82) is 0 Å². The van der Waals surface area contributed by atoms with E-state index in [2.05, 4.69) is 53.3 Å². The van der Waals surface area contributed by atoms with Gasteiger partial charge in [0, 0.05) is 43.9 Å². The minimum absolute atomic E-state index is 0.117. The van der Waals surface area contributed by atoms with Crippen LogP contribution in [0.25, 0.3) is 0 Å². The highest BCUT2D eigenvalue weighted by molar-refractivity contribution is 5.91. The molecule has 1 aromatic heterocycles. The summed E-state index contributed by atoms with van der Waals surface area (Å²) in [5.74, 6) is 2.40. The summed E-state index contributed by atoms with van der Waals surface area (Å²) in [6.07, 6.45) is 0.788. The Kier molecular flexibility index (Phi) is 6.77. The van der Waals surface area contributed by atoms with Gasteiger partial charge in [0.15, 0.2) is 0 Å². The topological polar surface area (TPSA) is 70.6 Å². The Balaban J connectivity index is 1.47. The molecule has 0 atom stereocenters. The molecule has 2 amide bonds. The van der Waals surface area contributed by atoms with Gasteiger partial charge in [-0.1, -0.05) is 42.0 Å². The molecule has 33 heavy (non-hydrogen) atoms. The fourth-order valence-corrected chi connectivity index (χ4v) is 4.16. The zero-order valence-corrected chi connectivity index (χ0v) is 19.8. The van der Waals surface area contributed by atoms with E-state index >= 15 is 0 Å². The normalized spacial score (nSPS) is 13.7. The summed E-state index contributed by atoms with van der Waals surface area (Å²) in [5, 5.41) is 2.97. The first kappa shape index (κ1) is 22.6. The number of rotatable bonds is 5. The summed E-state index contributed by atoms with van der Waals surface area (Å²) < 4.78 is 5.34. The lowest BCUT2D eigenvalue weighted by Gasteiger charge is -2.36. The molecule has 0 radical (unpaired) electrons.